The van der Waals surface area contributed by atoms with E-state index in [-0.39, 0.29) is 5.91 Å². The number of ether oxygens (including phenoxy) is 1. The average molecular weight is 309 g/mol. The molecule has 1 fully saturated rings. The third-order valence-corrected chi connectivity index (χ3v) is 4.13. The van der Waals surface area contributed by atoms with Crippen molar-refractivity contribution in [2.75, 3.05) is 48.5 Å². The SMILES string of the molecule is CSCC[C@@H](N)C(=O)Nc1ccccc1N1CCOCC1. The number of hydrogen-bond donors (Lipinski definition) is 2. The fourth-order valence-corrected chi connectivity index (χ4v) is 2.75. The van der Waals surface area contributed by atoms with Gasteiger partial charge in [-0.05, 0) is 30.6 Å². The second-order valence-electron chi connectivity index (χ2n) is 4.99. The Hall–Kier alpha value is -1.24. The number of morpholine rings is 1. The van der Waals surface area contributed by atoms with Gasteiger partial charge in [-0.1, -0.05) is 12.1 Å². The molecule has 1 aliphatic rings. The van der Waals surface area contributed by atoms with E-state index < -0.39 is 6.04 Å². The van der Waals surface area contributed by atoms with Crippen LogP contribution in [0.1, 0.15) is 6.42 Å². The molecule has 1 saturated heterocycles. The van der Waals surface area contributed by atoms with Crippen LogP contribution < -0.4 is 16.0 Å². The highest BCUT2D eigenvalue weighted by Gasteiger charge is 2.18. The summed E-state index contributed by atoms with van der Waals surface area (Å²) in [6, 6.07) is 7.38. The van der Waals surface area contributed by atoms with E-state index in [9.17, 15) is 4.79 Å². The first-order chi connectivity index (χ1) is 10.2. The van der Waals surface area contributed by atoms with E-state index in [0.29, 0.717) is 6.42 Å². The van der Waals surface area contributed by atoms with Gasteiger partial charge in [-0.15, -0.1) is 0 Å². The van der Waals surface area contributed by atoms with Crippen LogP contribution in [0.25, 0.3) is 0 Å². The zero-order chi connectivity index (χ0) is 15.1. The summed E-state index contributed by atoms with van der Waals surface area (Å²) in [5.41, 5.74) is 7.78. The van der Waals surface area contributed by atoms with E-state index in [0.717, 1.165) is 43.4 Å². The molecule has 0 bridgehead atoms. The van der Waals surface area contributed by atoms with Crippen LogP contribution in [0.5, 0.6) is 0 Å². The summed E-state index contributed by atoms with van der Waals surface area (Å²) in [7, 11) is 0. The van der Waals surface area contributed by atoms with Gasteiger partial charge in [0.25, 0.3) is 0 Å². The predicted octanol–water partition coefficient (Wildman–Crippen LogP) is 1.54. The number of anilines is 2. The zero-order valence-electron chi connectivity index (χ0n) is 12.4. The molecule has 1 amide bonds. The normalized spacial score (nSPS) is 16.6. The first-order valence-electron chi connectivity index (χ1n) is 7.19. The maximum absolute atomic E-state index is 12.2. The highest BCUT2D eigenvalue weighted by molar-refractivity contribution is 7.98. The highest BCUT2D eigenvalue weighted by atomic mass is 32.2. The van der Waals surface area contributed by atoms with E-state index >= 15 is 0 Å². The van der Waals surface area contributed by atoms with Gasteiger partial charge in [-0.2, -0.15) is 11.8 Å². The number of nitrogens with zero attached hydrogens (tertiary/aromatic N) is 1. The zero-order valence-corrected chi connectivity index (χ0v) is 13.2. The van der Waals surface area contributed by atoms with Crippen LogP contribution in [0, 0.1) is 0 Å². The summed E-state index contributed by atoms with van der Waals surface area (Å²) < 4.78 is 5.37. The number of carbonyl (C=O) groups excluding carboxylic acids is 1. The Morgan fingerprint density at radius 3 is 2.86 bits per heavy atom. The lowest BCUT2D eigenvalue weighted by atomic mass is 10.2. The fourth-order valence-electron chi connectivity index (χ4n) is 2.26. The molecule has 1 aromatic rings. The van der Waals surface area contributed by atoms with Crippen LogP contribution in [0.2, 0.25) is 0 Å². The molecule has 0 aliphatic carbocycles. The molecule has 0 unspecified atom stereocenters. The van der Waals surface area contributed by atoms with Gasteiger partial charge in [0.2, 0.25) is 5.91 Å². The van der Waals surface area contributed by atoms with Crippen LogP contribution >= 0.6 is 11.8 Å². The number of benzene rings is 1. The summed E-state index contributed by atoms with van der Waals surface area (Å²) in [4.78, 5) is 14.4. The van der Waals surface area contributed by atoms with Crippen molar-refractivity contribution in [1.82, 2.24) is 0 Å². The molecule has 2 rings (SSSR count). The molecular weight excluding hydrogens is 286 g/mol. The van der Waals surface area contributed by atoms with E-state index in [1.165, 1.54) is 0 Å². The molecule has 1 atom stereocenters. The minimum absolute atomic E-state index is 0.121. The molecule has 0 saturated carbocycles. The molecule has 0 spiro atoms. The van der Waals surface area contributed by atoms with Crippen LogP contribution in [0.15, 0.2) is 24.3 Å². The van der Waals surface area contributed by atoms with Gasteiger partial charge >= 0.3 is 0 Å². The molecule has 6 heteroatoms. The largest absolute Gasteiger partial charge is 0.378 e. The number of carbonyl (C=O) groups is 1. The van der Waals surface area contributed by atoms with Gasteiger partial charge in [0.15, 0.2) is 0 Å². The summed E-state index contributed by atoms with van der Waals surface area (Å²) in [5.74, 6) is 0.768. The van der Waals surface area contributed by atoms with E-state index in [4.69, 9.17) is 10.5 Å². The van der Waals surface area contributed by atoms with Crippen molar-refractivity contribution < 1.29 is 9.53 Å². The van der Waals surface area contributed by atoms with Gasteiger partial charge in [-0.25, -0.2) is 0 Å². The molecular formula is C15H23N3O2S. The van der Waals surface area contributed by atoms with Gasteiger partial charge in [0.1, 0.15) is 0 Å². The standard InChI is InChI=1S/C15H23N3O2S/c1-21-11-6-12(16)15(19)17-13-4-2-3-5-14(13)18-7-9-20-10-8-18/h2-5,12H,6-11,16H2,1H3,(H,17,19)/t12-/m1/s1. The molecule has 3 N–H and O–H groups in total. The lowest BCUT2D eigenvalue weighted by Gasteiger charge is -2.30. The van der Waals surface area contributed by atoms with Gasteiger partial charge in [0.05, 0.1) is 30.6 Å². The van der Waals surface area contributed by atoms with Gasteiger partial charge in [-0.3, -0.25) is 4.79 Å². The minimum Gasteiger partial charge on any atom is -0.378 e. The maximum atomic E-state index is 12.2. The smallest absolute Gasteiger partial charge is 0.241 e. The second kappa shape index (κ2) is 8.26. The van der Waals surface area contributed by atoms with Crippen molar-refractivity contribution in [3.8, 4) is 0 Å². The molecule has 21 heavy (non-hydrogen) atoms. The number of para-hydroxylation sites is 2. The van der Waals surface area contributed by atoms with Crippen LogP contribution in [0.3, 0.4) is 0 Å². The first kappa shape index (κ1) is 16.1. The summed E-state index contributed by atoms with van der Waals surface area (Å²) in [6.07, 6.45) is 2.70. The molecule has 1 aliphatic heterocycles. The van der Waals surface area contributed by atoms with Crippen molar-refractivity contribution in [1.29, 1.82) is 0 Å². The van der Waals surface area contributed by atoms with Crippen molar-refractivity contribution in [2.45, 2.75) is 12.5 Å². The third kappa shape index (κ3) is 4.62. The van der Waals surface area contributed by atoms with Crippen molar-refractivity contribution >= 4 is 29.0 Å². The molecule has 1 heterocycles. The quantitative estimate of drug-likeness (QED) is 0.834. The van der Waals surface area contributed by atoms with Crippen molar-refractivity contribution in [3.05, 3.63) is 24.3 Å². The Bertz CT molecular complexity index is 464. The number of amides is 1. The summed E-state index contributed by atoms with van der Waals surface area (Å²) in [5, 5.41) is 2.96. The Kier molecular flexibility index (Phi) is 6.35. The third-order valence-electron chi connectivity index (χ3n) is 3.48. The second-order valence-corrected chi connectivity index (χ2v) is 5.98. The lowest BCUT2D eigenvalue weighted by molar-refractivity contribution is -0.117. The fraction of sp³-hybridized carbons (Fsp3) is 0.533. The molecule has 5 nitrogen and oxygen atoms in total. The number of nitrogens with one attached hydrogen (secondary N) is 1. The first-order valence-corrected chi connectivity index (χ1v) is 8.59. The Morgan fingerprint density at radius 1 is 1.43 bits per heavy atom. The minimum atomic E-state index is -0.463. The monoisotopic (exact) mass is 309 g/mol. The van der Waals surface area contributed by atoms with Crippen LogP contribution in [-0.2, 0) is 9.53 Å². The Morgan fingerprint density at radius 2 is 2.14 bits per heavy atom. The van der Waals surface area contributed by atoms with Crippen molar-refractivity contribution in [2.24, 2.45) is 5.73 Å². The topological polar surface area (TPSA) is 67.6 Å². The van der Waals surface area contributed by atoms with Crippen LogP contribution in [-0.4, -0.2) is 50.3 Å². The van der Waals surface area contributed by atoms with E-state index in [1.54, 1.807) is 11.8 Å². The molecule has 1 aromatic carbocycles. The lowest BCUT2D eigenvalue weighted by Crippen LogP contribution is -2.38. The van der Waals surface area contributed by atoms with Gasteiger partial charge in [0, 0.05) is 13.1 Å². The number of rotatable bonds is 6. The highest BCUT2D eigenvalue weighted by Crippen LogP contribution is 2.26. The number of nitrogens with two attached hydrogens (primary N) is 1. The predicted molar refractivity (Wildman–Crippen MR) is 89.1 cm³/mol. The molecule has 116 valence electrons. The average Bonchev–Trinajstić information content (AvgIpc) is 2.54. The van der Waals surface area contributed by atoms with Crippen LogP contribution in [0.4, 0.5) is 11.4 Å². The van der Waals surface area contributed by atoms with E-state index in [1.807, 2.05) is 30.5 Å². The summed E-state index contributed by atoms with van der Waals surface area (Å²) in [6.45, 7) is 3.11. The Balaban J connectivity index is 2.03. The van der Waals surface area contributed by atoms with E-state index in [2.05, 4.69) is 10.2 Å². The van der Waals surface area contributed by atoms with Crippen molar-refractivity contribution in [3.63, 3.8) is 0 Å². The number of hydrogen-bond acceptors (Lipinski definition) is 5. The molecule has 0 radical (unpaired) electrons. The molecule has 0 aromatic heterocycles. The maximum Gasteiger partial charge on any atom is 0.241 e. The Labute approximate surface area is 130 Å². The number of thioether (sulfide) groups is 1. The van der Waals surface area contributed by atoms with Gasteiger partial charge < -0.3 is 20.7 Å². The summed E-state index contributed by atoms with van der Waals surface area (Å²) >= 11 is 1.70.